The summed E-state index contributed by atoms with van der Waals surface area (Å²) >= 11 is 0. The van der Waals surface area contributed by atoms with Gasteiger partial charge in [-0.15, -0.1) is 0 Å². The molecular formula is C12H14N2O3S. The van der Waals surface area contributed by atoms with E-state index in [1.165, 1.54) is 18.2 Å². The number of sulfonamides is 1. The highest BCUT2D eigenvalue weighted by atomic mass is 32.2. The van der Waals surface area contributed by atoms with Gasteiger partial charge in [-0.3, -0.25) is 0 Å². The van der Waals surface area contributed by atoms with Crippen LogP contribution in [0.15, 0.2) is 23.1 Å². The van der Waals surface area contributed by atoms with E-state index in [4.69, 9.17) is 10.4 Å². The third kappa shape index (κ3) is 2.38. The molecule has 0 saturated heterocycles. The molecule has 1 saturated carbocycles. The summed E-state index contributed by atoms with van der Waals surface area (Å²) in [6, 6.07) is 6.39. The maximum Gasteiger partial charge on any atom is 0.241 e. The van der Waals surface area contributed by atoms with Crippen molar-refractivity contribution >= 4 is 10.0 Å². The van der Waals surface area contributed by atoms with E-state index in [-0.39, 0.29) is 11.5 Å². The molecule has 96 valence electrons. The summed E-state index contributed by atoms with van der Waals surface area (Å²) in [4.78, 5) is 0.154. The Morgan fingerprint density at radius 1 is 1.50 bits per heavy atom. The molecule has 0 aliphatic heterocycles. The minimum atomic E-state index is -3.64. The van der Waals surface area contributed by atoms with Gasteiger partial charge in [-0.2, -0.15) is 5.26 Å². The largest absolute Gasteiger partial charge is 0.394 e. The molecule has 0 unspecified atom stereocenters. The lowest BCUT2D eigenvalue weighted by Crippen LogP contribution is -2.39. The predicted molar refractivity (Wildman–Crippen MR) is 65.3 cm³/mol. The van der Waals surface area contributed by atoms with Crippen molar-refractivity contribution in [3.63, 3.8) is 0 Å². The monoisotopic (exact) mass is 266 g/mol. The first-order chi connectivity index (χ1) is 8.42. The topological polar surface area (TPSA) is 90.2 Å². The molecule has 2 rings (SSSR count). The van der Waals surface area contributed by atoms with Crippen LogP contribution in [0.1, 0.15) is 24.0 Å². The van der Waals surface area contributed by atoms with Crippen LogP contribution in [0.25, 0.3) is 0 Å². The van der Waals surface area contributed by atoms with Gasteiger partial charge in [0.15, 0.2) is 0 Å². The zero-order valence-corrected chi connectivity index (χ0v) is 10.8. The average molecular weight is 266 g/mol. The lowest BCUT2D eigenvalue weighted by Gasteiger charge is -2.15. The Labute approximate surface area is 106 Å². The van der Waals surface area contributed by atoms with Crippen LogP contribution >= 0.6 is 0 Å². The maximum absolute atomic E-state index is 12.2. The van der Waals surface area contributed by atoms with Gasteiger partial charge in [0.2, 0.25) is 10.0 Å². The average Bonchev–Trinajstić information content (AvgIpc) is 3.08. The van der Waals surface area contributed by atoms with Crippen molar-refractivity contribution < 1.29 is 13.5 Å². The van der Waals surface area contributed by atoms with E-state index in [0.717, 1.165) is 0 Å². The second-order valence-electron chi connectivity index (χ2n) is 4.64. The zero-order valence-electron chi connectivity index (χ0n) is 9.97. The van der Waals surface area contributed by atoms with Gasteiger partial charge in [-0.1, -0.05) is 0 Å². The van der Waals surface area contributed by atoms with Crippen LogP contribution in [-0.4, -0.2) is 25.7 Å². The molecule has 1 aliphatic rings. The van der Waals surface area contributed by atoms with E-state index in [9.17, 15) is 8.42 Å². The van der Waals surface area contributed by atoms with Crippen LogP contribution in [0, 0.1) is 18.3 Å². The van der Waals surface area contributed by atoms with Crippen molar-refractivity contribution in [1.82, 2.24) is 4.72 Å². The lowest BCUT2D eigenvalue weighted by molar-refractivity contribution is 0.246. The molecule has 6 heteroatoms. The number of aliphatic hydroxyl groups is 1. The molecule has 2 N–H and O–H groups in total. The Hall–Kier alpha value is -1.42. The van der Waals surface area contributed by atoms with Crippen molar-refractivity contribution in [2.24, 2.45) is 0 Å². The van der Waals surface area contributed by atoms with E-state index < -0.39 is 15.6 Å². The first-order valence-electron chi connectivity index (χ1n) is 5.58. The summed E-state index contributed by atoms with van der Waals surface area (Å²) in [5.41, 5.74) is 0.268. The fourth-order valence-electron chi connectivity index (χ4n) is 1.80. The molecular weight excluding hydrogens is 252 g/mol. The summed E-state index contributed by atoms with van der Waals surface area (Å²) in [7, 11) is -3.64. The highest BCUT2D eigenvalue weighted by Crippen LogP contribution is 2.36. The number of hydrogen-bond donors (Lipinski definition) is 2. The number of aryl methyl sites for hydroxylation is 1. The van der Waals surface area contributed by atoms with Crippen LogP contribution in [0.2, 0.25) is 0 Å². The number of nitriles is 1. The molecule has 0 bridgehead atoms. The quantitative estimate of drug-likeness (QED) is 0.838. The number of hydrogen-bond acceptors (Lipinski definition) is 4. The third-order valence-electron chi connectivity index (χ3n) is 3.10. The molecule has 18 heavy (non-hydrogen) atoms. The number of rotatable bonds is 4. The number of aliphatic hydroxyl groups excluding tert-OH is 1. The maximum atomic E-state index is 12.2. The third-order valence-corrected chi connectivity index (χ3v) is 4.84. The molecule has 1 aliphatic carbocycles. The second kappa shape index (κ2) is 4.35. The fraction of sp³-hybridized carbons (Fsp3) is 0.417. The van der Waals surface area contributed by atoms with Crippen LogP contribution < -0.4 is 4.72 Å². The van der Waals surface area contributed by atoms with E-state index >= 15 is 0 Å². The molecule has 0 amide bonds. The summed E-state index contributed by atoms with van der Waals surface area (Å²) in [5.74, 6) is 0. The Kier molecular flexibility index (Phi) is 3.15. The van der Waals surface area contributed by atoms with Crippen LogP contribution in [-0.2, 0) is 10.0 Å². The standard InChI is InChI=1S/C12H14N2O3S/c1-9-6-10(7-13)2-3-11(9)18(16,17)14-12(8-15)4-5-12/h2-3,6,14-15H,4-5,8H2,1H3. The van der Waals surface area contributed by atoms with Gasteiger partial charge in [-0.25, -0.2) is 13.1 Å². The molecule has 1 aromatic carbocycles. The van der Waals surface area contributed by atoms with Gasteiger partial charge in [0.1, 0.15) is 0 Å². The van der Waals surface area contributed by atoms with E-state index in [1.807, 2.05) is 6.07 Å². The van der Waals surface area contributed by atoms with Crippen LogP contribution in [0.5, 0.6) is 0 Å². The predicted octanol–water partition coefficient (Wildman–Crippen LogP) is 0.670. The Bertz CT molecular complexity index is 613. The highest BCUT2D eigenvalue weighted by molar-refractivity contribution is 7.89. The van der Waals surface area contributed by atoms with Gasteiger partial charge in [0.05, 0.1) is 28.7 Å². The van der Waals surface area contributed by atoms with E-state index in [2.05, 4.69) is 4.72 Å². The smallest absolute Gasteiger partial charge is 0.241 e. The van der Waals surface area contributed by atoms with Gasteiger partial charge >= 0.3 is 0 Å². The van der Waals surface area contributed by atoms with Crippen molar-refractivity contribution in [3.05, 3.63) is 29.3 Å². The molecule has 0 heterocycles. The first-order valence-corrected chi connectivity index (χ1v) is 7.06. The van der Waals surface area contributed by atoms with Crippen molar-refractivity contribution in [1.29, 1.82) is 5.26 Å². The minimum absolute atomic E-state index is 0.154. The van der Waals surface area contributed by atoms with Crippen LogP contribution in [0.3, 0.4) is 0 Å². The number of nitrogens with one attached hydrogen (secondary N) is 1. The van der Waals surface area contributed by atoms with Crippen LogP contribution in [0.4, 0.5) is 0 Å². The molecule has 1 aromatic rings. The Morgan fingerprint density at radius 2 is 2.17 bits per heavy atom. The Balaban J connectivity index is 2.34. The zero-order chi connectivity index (χ0) is 13.4. The summed E-state index contributed by atoms with van der Waals surface area (Å²) < 4.78 is 26.9. The molecule has 0 aromatic heterocycles. The lowest BCUT2D eigenvalue weighted by atomic mass is 10.2. The summed E-state index contributed by atoms with van der Waals surface area (Å²) in [6.07, 6.45) is 1.30. The Morgan fingerprint density at radius 3 is 2.61 bits per heavy atom. The molecule has 0 atom stereocenters. The van der Waals surface area contributed by atoms with Crippen molar-refractivity contribution in [3.8, 4) is 6.07 Å². The molecule has 1 fully saturated rings. The van der Waals surface area contributed by atoms with Crippen molar-refractivity contribution in [2.75, 3.05) is 6.61 Å². The van der Waals surface area contributed by atoms with Gasteiger partial charge in [0, 0.05) is 0 Å². The second-order valence-corrected chi connectivity index (χ2v) is 6.29. The molecule has 5 nitrogen and oxygen atoms in total. The number of benzene rings is 1. The SMILES string of the molecule is Cc1cc(C#N)ccc1S(=O)(=O)NC1(CO)CC1. The van der Waals surface area contributed by atoms with E-state index in [0.29, 0.717) is 24.0 Å². The fourth-order valence-corrected chi connectivity index (χ4v) is 3.48. The molecule has 0 spiro atoms. The highest BCUT2D eigenvalue weighted by Gasteiger charge is 2.45. The molecule has 0 radical (unpaired) electrons. The minimum Gasteiger partial charge on any atom is -0.394 e. The number of nitrogens with zero attached hydrogens (tertiary/aromatic N) is 1. The van der Waals surface area contributed by atoms with E-state index in [1.54, 1.807) is 6.92 Å². The van der Waals surface area contributed by atoms with Gasteiger partial charge < -0.3 is 5.11 Å². The normalized spacial score (nSPS) is 17.2. The first kappa shape index (κ1) is 13.0. The van der Waals surface area contributed by atoms with Gasteiger partial charge in [0.25, 0.3) is 0 Å². The summed E-state index contributed by atoms with van der Waals surface area (Å²) in [5, 5.41) is 17.9. The van der Waals surface area contributed by atoms with Crippen molar-refractivity contribution in [2.45, 2.75) is 30.2 Å². The van der Waals surface area contributed by atoms with Gasteiger partial charge in [-0.05, 0) is 43.5 Å². The summed E-state index contributed by atoms with van der Waals surface area (Å²) in [6.45, 7) is 1.45.